The Bertz CT molecular complexity index is 797. The van der Waals surface area contributed by atoms with Gasteiger partial charge in [-0.2, -0.15) is 13.2 Å². The van der Waals surface area contributed by atoms with Crippen LogP contribution in [0.3, 0.4) is 0 Å². The zero-order valence-corrected chi connectivity index (χ0v) is 16.0. The molecule has 0 spiro atoms. The van der Waals surface area contributed by atoms with Crippen LogP contribution < -0.4 is 20.1 Å². The Balaban J connectivity index is 2.11. The van der Waals surface area contributed by atoms with Crippen LogP contribution in [0.4, 0.5) is 18.9 Å². The van der Waals surface area contributed by atoms with Crippen molar-refractivity contribution in [3.8, 4) is 11.5 Å². The lowest BCUT2D eigenvalue weighted by molar-refractivity contribution is -0.137. The molecule has 0 unspecified atom stereocenters. The van der Waals surface area contributed by atoms with Gasteiger partial charge >= 0.3 is 6.18 Å². The molecule has 0 saturated carbocycles. The first-order valence-electron chi connectivity index (χ1n) is 8.25. The van der Waals surface area contributed by atoms with Crippen molar-refractivity contribution < 1.29 is 22.6 Å². The number of nitrogens with one attached hydrogen (secondary N) is 2. The van der Waals surface area contributed by atoms with Gasteiger partial charge in [-0.1, -0.05) is 19.1 Å². The van der Waals surface area contributed by atoms with Crippen molar-refractivity contribution >= 4 is 23.0 Å². The largest absolute Gasteiger partial charge is 0.493 e. The molecule has 0 fully saturated rings. The zero-order valence-electron chi connectivity index (χ0n) is 15.2. The number of alkyl halides is 3. The number of rotatable bonds is 6. The summed E-state index contributed by atoms with van der Waals surface area (Å²) in [4.78, 5) is 0. The third-order valence-corrected chi connectivity index (χ3v) is 4.19. The fraction of sp³-hybridized carbons (Fsp3) is 0.316. The molecule has 0 aliphatic heterocycles. The summed E-state index contributed by atoms with van der Waals surface area (Å²) in [5, 5.41) is 6.16. The van der Waals surface area contributed by atoms with Crippen molar-refractivity contribution in [3.05, 3.63) is 53.6 Å². The minimum atomic E-state index is -4.40. The SMILES string of the molecule is CC[C@@H](NC(=S)Nc1cccc(C(F)(F)F)c1)c1ccc(OC)c(OC)c1. The van der Waals surface area contributed by atoms with Gasteiger partial charge in [0.25, 0.3) is 0 Å². The van der Waals surface area contributed by atoms with Crippen molar-refractivity contribution in [2.75, 3.05) is 19.5 Å². The lowest BCUT2D eigenvalue weighted by Crippen LogP contribution is -2.32. The molecule has 8 heteroatoms. The second kappa shape index (κ2) is 8.94. The highest BCUT2D eigenvalue weighted by molar-refractivity contribution is 7.80. The van der Waals surface area contributed by atoms with Crippen LogP contribution in [-0.2, 0) is 6.18 Å². The van der Waals surface area contributed by atoms with Crippen LogP contribution >= 0.6 is 12.2 Å². The number of thiocarbonyl (C=S) groups is 1. The Labute approximate surface area is 161 Å². The molecule has 0 aliphatic rings. The first-order chi connectivity index (χ1) is 12.8. The highest BCUT2D eigenvalue weighted by Gasteiger charge is 2.30. The summed E-state index contributed by atoms with van der Waals surface area (Å²) in [5.41, 5.74) is 0.454. The molecule has 146 valence electrons. The molecule has 0 radical (unpaired) electrons. The third kappa shape index (κ3) is 5.50. The first kappa shape index (κ1) is 20.8. The summed E-state index contributed by atoms with van der Waals surface area (Å²) in [6.07, 6.45) is -3.70. The maximum atomic E-state index is 12.8. The summed E-state index contributed by atoms with van der Waals surface area (Å²) in [6, 6.07) is 10.3. The molecule has 2 rings (SSSR count). The molecule has 1 atom stereocenters. The van der Waals surface area contributed by atoms with E-state index >= 15 is 0 Å². The minimum absolute atomic E-state index is 0.143. The van der Waals surface area contributed by atoms with E-state index in [1.54, 1.807) is 20.3 Å². The molecule has 2 N–H and O–H groups in total. The molecule has 0 heterocycles. The number of anilines is 1. The van der Waals surface area contributed by atoms with Crippen LogP contribution in [0.2, 0.25) is 0 Å². The van der Waals surface area contributed by atoms with Crippen LogP contribution in [0.15, 0.2) is 42.5 Å². The van der Waals surface area contributed by atoms with E-state index in [0.717, 1.165) is 17.7 Å². The molecular formula is C19H21F3N2O2S. The van der Waals surface area contributed by atoms with Crippen LogP contribution in [-0.4, -0.2) is 19.3 Å². The van der Waals surface area contributed by atoms with Crippen LogP contribution in [0, 0.1) is 0 Å². The van der Waals surface area contributed by atoms with Gasteiger partial charge in [0.15, 0.2) is 16.6 Å². The lowest BCUT2D eigenvalue weighted by atomic mass is 10.0. The molecule has 0 saturated heterocycles. The number of hydrogen-bond donors (Lipinski definition) is 2. The molecule has 2 aromatic carbocycles. The molecule has 0 amide bonds. The average molecular weight is 398 g/mol. The van der Waals surface area contributed by atoms with E-state index in [-0.39, 0.29) is 16.8 Å². The van der Waals surface area contributed by atoms with Gasteiger partial charge in [-0.3, -0.25) is 0 Å². The third-order valence-electron chi connectivity index (χ3n) is 3.97. The number of halogens is 3. The van der Waals surface area contributed by atoms with Gasteiger partial charge in [-0.25, -0.2) is 0 Å². The summed E-state index contributed by atoms with van der Waals surface area (Å²) >= 11 is 5.27. The molecule has 4 nitrogen and oxygen atoms in total. The van der Waals surface area contributed by atoms with Gasteiger partial charge < -0.3 is 20.1 Å². The summed E-state index contributed by atoms with van der Waals surface area (Å²) in [5.74, 6) is 1.20. The van der Waals surface area contributed by atoms with Crippen molar-refractivity contribution in [2.45, 2.75) is 25.6 Å². The first-order valence-corrected chi connectivity index (χ1v) is 8.66. The highest BCUT2D eigenvalue weighted by atomic mass is 32.1. The van der Waals surface area contributed by atoms with Crippen molar-refractivity contribution in [1.82, 2.24) is 5.32 Å². The monoisotopic (exact) mass is 398 g/mol. The maximum absolute atomic E-state index is 12.8. The number of ether oxygens (including phenoxy) is 2. The van der Waals surface area contributed by atoms with Gasteiger partial charge in [0.1, 0.15) is 0 Å². The van der Waals surface area contributed by atoms with Crippen molar-refractivity contribution in [2.24, 2.45) is 0 Å². The second-order valence-electron chi connectivity index (χ2n) is 5.75. The Morgan fingerprint density at radius 3 is 2.37 bits per heavy atom. The molecular weight excluding hydrogens is 377 g/mol. The van der Waals surface area contributed by atoms with Gasteiger partial charge in [-0.05, 0) is 54.5 Å². The Morgan fingerprint density at radius 1 is 1.07 bits per heavy atom. The maximum Gasteiger partial charge on any atom is 0.416 e. The van der Waals surface area contributed by atoms with Gasteiger partial charge in [-0.15, -0.1) is 0 Å². The number of methoxy groups -OCH3 is 2. The van der Waals surface area contributed by atoms with Gasteiger partial charge in [0, 0.05) is 5.69 Å². The van der Waals surface area contributed by atoms with Crippen LogP contribution in [0.25, 0.3) is 0 Å². The smallest absolute Gasteiger partial charge is 0.416 e. The predicted molar refractivity (Wildman–Crippen MR) is 103 cm³/mol. The van der Waals surface area contributed by atoms with E-state index in [2.05, 4.69) is 10.6 Å². The standard InChI is InChI=1S/C19H21F3N2O2S/c1-4-15(12-8-9-16(25-2)17(10-12)26-3)24-18(27)23-14-7-5-6-13(11-14)19(20,21)22/h5-11,15H,4H2,1-3H3,(H2,23,24,27)/t15-/m1/s1. The number of benzene rings is 2. The Hall–Kier alpha value is -2.48. The molecule has 2 aromatic rings. The molecule has 0 aromatic heterocycles. The van der Waals surface area contributed by atoms with E-state index in [9.17, 15) is 13.2 Å². The van der Waals surface area contributed by atoms with E-state index in [1.807, 2.05) is 19.1 Å². The van der Waals surface area contributed by atoms with E-state index in [1.165, 1.54) is 12.1 Å². The van der Waals surface area contributed by atoms with Crippen molar-refractivity contribution in [1.29, 1.82) is 0 Å². The van der Waals surface area contributed by atoms with E-state index in [4.69, 9.17) is 21.7 Å². The fourth-order valence-electron chi connectivity index (χ4n) is 2.59. The summed E-state index contributed by atoms with van der Waals surface area (Å²) < 4.78 is 49.0. The van der Waals surface area contributed by atoms with Crippen molar-refractivity contribution in [3.63, 3.8) is 0 Å². The molecule has 27 heavy (non-hydrogen) atoms. The fourth-order valence-corrected chi connectivity index (χ4v) is 2.85. The molecule has 0 bridgehead atoms. The highest BCUT2D eigenvalue weighted by Crippen LogP contribution is 2.32. The van der Waals surface area contributed by atoms with Crippen LogP contribution in [0.1, 0.15) is 30.5 Å². The zero-order chi connectivity index (χ0) is 20.0. The van der Waals surface area contributed by atoms with E-state index < -0.39 is 11.7 Å². The van der Waals surface area contributed by atoms with E-state index in [0.29, 0.717) is 17.9 Å². The quantitative estimate of drug-likeness (QED) is 0.658. The topological polar surface area (TPSA) is 42.5 Å². The minimum Gasteiger partial charge on any atom is -0.493 e. The van der Waals surface area contributed by atoms with Gasteiger partial charge in [0.05, 0.1) is 25.8 Å². The van der Waals surface area contributed by atoms with Gasteiger partial charge in [0.2, 0.25) is 0 Å². The normalized spacial score (nSPS) is 12.2. The predicted octanol–water partition coefficient (Wildman–Crippen LogP) is 5.16. The summed E-state index contributed by atoms with van der Waals surface area (Å²) in [6.45, 7) is 1.97. The lowest BCUT2D eigenvalue weighted by Gasteiger charge is -2.21. The number of hydrogen-bond acceptors (Lipinski definition) is 3. The Morgan fingerprint density at radius 2 is 1.78 bits per heavy atom. The van der Waals surface area contributed by atoms with Crippen LogP contribution in [0.5, 0.6) is 11.5 Å². The average Bonchev–Trinajstić information content (AvgIpc) is 2.65. The second-order valence-corrected chi connectivity index (χ2v) is 6.16. The Kier molecular flexibility index (Phi) is 6.90. The summed E-state index contributed by atoms with van der Waals surface area (Å²) in [7, 11) is 3.11. The molecule has 0 aliphatic carbocycles.